The molecule has 1 aromatic carbocycles. The zero-order valence-corrected chi connectivity index (χ0v) is 17.1. The van der Waals surface area contributed by atoms with Gasteiger partial charge in [-0.1, -0.05) is 6.07 Å². The number of carbonyl (C=O) groups excluding carboxylic acids is 3. The molecule has 3 amide bonds. The highest BCUT2D eigenvalue weighted by Crippen LogP contribution is 2.18. The van der Waals surface area contributed by atoms with Crippen molar-refractivity contribution in [3.63, 3.8) is 0 Å². The topological polar surface area (TPSA) is 103 Å². The first-order valence-electron chi connectivity index (χ1n) is 10.1. The number of hydrogen-bond acceptors (Lipinski definition) is 5. The number of piperidine rings is 1. The smallest absolute Gasteiger partial charge is 0.313 e. The minimum Gasteiger partial charge on any atom is -0.348 e. The van der Waals surface area contributed by atoms with Gasteiger partial charge in [0.25, 0.3) is 0 Å². The molecule has 30 heavy (non-hydrogen) atoms. The monoisotopic (exact) mass is 409 g/mol. The third-order valence-electron chi connectivity index (χ3n) is 5.06. The van der Waals surface area contributed by atoms with Gasteiger partial charge in [0.05, 0.1) is 0 Å². The molecule has 2 heterocycles. The minimum atomic E-state index is -0.718. The zero-order valence-electron chi connectivity index (χ0n) is 17.1. The third kappa shape index (κ3) is 6.66. The second-order valence-electron chi connectivity index (χ2n) is 7.50. The molecule has 0 atom stereocenters. The van der Waals surface area contributed by atoms with Crippen molar-refractivity contribution in [1.82, 2.24) is 15.2 Å². The molecule has 0 radical (unpaired) electrons. The highest BCUT2D eigenvalue weighted by molar-refractivity contribution is 6.39. The second kappa shape index (κ2) is 10.5. The molecule has 1 aliphatic rings. The molecule has 1 saturated heterocycles. The van der Waals surface area contributed by atoms with Gasteiger partial charge in [-0.15, -0.1) is 0 Å². The Morgan fingerprint density at radius 3 is 2.33 bits per heavy atom. The Morgan fingerprint density at radius 2 is 1.67 bits per heavy atom. The molecule has 2 aromatic rings. The van der Waals surface area contributed by atoms with Crippen LogP contribution in [0.3, 0.4) is 0 Å². The molecule has 3 N–H and O–H groups in total. The van der Waals surface area contributed by atoms with E-state index in [1.54, 1.807) is 36.7 Å². The highest BCUT2D eigenvalue weighted by Gasteiger charge is 2.21. The average Bonchev–Trinajstić information content (AvgIpc) is 2.73. The normalized spacial score (nSPS) is 14.7. The minimum absolute atomic E-state index is 0.206. The molecule has 0 spiro atoms. The maximum atomic E-state index is 12.2. The standard InChI is InChI=1S/C22H27N5O3/c1-16(28)25-19-3-2-4-20(13-19)26-22(30)21(29)24-14-17-7-11-27(12-8-17)15-18-5-9-23-10-6-18/h2-6,9-10,13,17H,7-8,11-12,14-15H2,1H3,(H,24,29)(H,25,28)(H,26,30). The summed E-state index contributed by atoms with van der Waals surface area (Å²) in [5, 5.41) is 7.93. The maximum Gasteiger partial charge on any atom is 0.313 e. The second-order valence-corrected chi connectivity index (χ2v) is 7.50. The van der Waals surface area contributed by atoms with Crippen molar-refractivity contribution >= 4 is 29.1 Å². The van der Waals surface area contributed by atoms with E-state index in [1.165, 1.54) is 12.5 Å². The molecular formula is C22H27N5O3. The fourth-order valence-electron chi connectivity index (χ4n) is 3.48. The lowest BCUT2D eigenvalue weighted by Gasteiger charge is -2.32. The van der Waals surface area contributed by atoms with Gasteiger partial charge in [-0.2, -0.15) is 0 Å². The molecule has 1 aliphatic heterocycles. The van der Waals surface area contributed by atoms with Crippen molar-refractivity contribution in [2.45, 2.75) is 26.3 Å². The van der Waals surface area contributed by atoms with Crippen LogP contribution in [0.25, 0.3) is 0 Å². The van der Waals surface area contributed by atoms with E-state index in [0.717, 1.165) is 32.5 Å². The lowest BCUT2D eigenvalue weighted by molar-refractivity contribution is -0.136. The van der Waals surface area contributed by atoms with Crippen LogP contribution < -0.4 is 16.0 Å². The summed E-state index contributed by atoms with van der Waals surface area (Å²) < 4.78 is 0. The van der Waals surface area contributed by atoms with Crippen LogP contribution in [0.15, 0.2) is 48.8 Å². The lowest BCUT2D eigenvalue weighted by atomic mass is 9.96. The van der Waals surface area contributed by atoms with Crippen LogP contribution >= 0.6 is 0 Å². The van der Waals surface area contributed by atoms with E-state index in [4.69, 9.17) is 0 Å². The number of rotatable bonds is 6. The van der Waals surface area contributed by atoms with Crippen LogP contribution in [0.5, 0.6) is 0 Å². The van der Waals surface area contributed by atoms with Crippen molar-refractivity contribution in [2.24, 2.45) is 5.92 Å². The van der Waals surface area contributed by atoms with Crippen molar-refractivity contribution in [3.8, 4) is 0 Å². The summed E-state index contributed by atoms with van der Waals surface area (Å²) >= 11 is 0. The fraction of sp³-hybridized carbons (Fsp3) is 0.364. The maximum absolute atomic E-state index is 12.2. The van der Waals surface area contributed by atoms with E-state index >= 15 is 0 Å². The molecule has 158 valence electrons. The average molecular weight is 409 g/mol. The summed E-state index contributed by atoms with van der Waals surface area (Å²) in [5.41, 5.74) is 2.25. The first kappa shape index (κ1) is 21.4. The molecule has 0 unspecified atom stereocenters. The molecule has 1 fully saturated rings. The Kier molecular flexibility index (Phi) is 7.51. The van der Waals surface area contributed by atoms with Gasteiger partial charge in [0, 0.05) is 43.8 Å². The summed E-state index contributed by atoms with van der Waals surface area (Å²) in [6.07, 6.45) is 5.56. The van der Waals surface area contributed by atoms with Gasteiger partial charge in [0.1, 0.15) is 0 Å². The Labute approximate surface area is 176 Å². The number of anilines is 2. The molecule has 8 nitrogen and oxygen atoms in total. The fourth-order valence-corrected chi connectivity index (χ4v) is 3.48. The van der Waals surface area contributed by atoms with E-state index in [9.17, 15) is 14.4 Å². The van der Waals surface area contributed by atoms with Gasteiger partial charge in [-0.05, 0) is 67.7 Å². The van der Waals surface area contributed by atoms with Gasteiger partial charge in [-0.3, -0.25) is 24.3 Å². The van der Waals surface area contributed by atoms with Crippen molar-refractivity contribution in [2.75, 3.05) is 30.3 Å². The Hall–Kier alpha value is -3.26. The van der Waals surface area contributed by atoms with Crippen molar-refractivity contribution in [1.29, 1.82) is 0 Å². The number of hydrogen-bond donors (Lipinski definition) is 3. The van der Waals surface area contributed by atoms with Crippen LogP contribution in [0, 0.1) is 5.92 Å². The summed E-state index contributed by atoms with van der Waals surface area (Å²) in [4.78, 5) is 41.9. The van der Waals surface area contributed by atoms with Crippen molar-refractivity contribution < 1.29 is 14.4 Å². The number of nitrogens with zero attached hydrogens (tertiary/aromatic N) is 2. The number of amides is 3. The van der Waals surface area contributed by atoms with Gasteiger partial charge in [-0.25, -0.2) is 0 Å². The molecule has 1 aromatic heterocycles. The highest BCUT2D eigenvalue weighted by atomic mass is 16.2. The van der Waals surface area contributed by atoms with E-state index in [1.807, 2.05) is 12.1 Å². The van der Waals surface area contributed by atoms with Crippen molar-refractivity contribution in [3.05, 3.63) is 54.4 Å². The van der Waals surface area contributed by atoms with Crippen LogP contribution in [-0.4, -0.2) is 47.2 Å². The molecular weight excluding hydrogens is 382 g/mol. The first-order chi connectivity index (χ1) is 14.5. The van der Waals surface area contributed by atoms with Crippen LogP contribution in [-0.2, 0) is 20.9 Å². The molecule has 0 aliphatic carbocycles. The van der Waals surface area contributed by atoms with Gasteiger partial charge < -0.3 is 16.0 Å². The molecule has 3 rings (SSSR count). The number of nitrogens with one attached hydrogen (secondary N) is 3. The largest absolute Gasteiger partial charge is 0.348 e. The van der Waals surface area contributed by atoms with Gasteiger partial charge in [0.15, 0.2) is 0 Å². The number of aromatic nitrogens is 1. The van der Waals surface area contributed by atoms with E-state index in [-0.39, 0.29) is 5.91 Å². The number of carbonyl (C=O) groups is 3. The zero-order chi connectivity index (χ0) is 21.3. The number of pyridine rings is 1. The van der Waals surface area contributed by atoms with Crippen LogP contribution in [0.1, 0.15) is 25.3 Å². The van der Waals surface area contributed by atoms with Gasteiger partial charge in [0.2, 0.25) is 5.91 Å². The molecule has 0 saturated carbocycles. The predicted molar refractivity (Wildman–Crippen MR) is 115 cm³/mol. The van der Waals surface area contributed by atoms with Crippen LogP contribution in [0.4, 0.5) is 11.4 Å². The summed E-state index contributed by atoms with van der Waals surface area (Å²) in [6.45, 7) is 4.72. The van der Waals surface area contributed by atoms with Crippen LogP contribution in [0.2, 0.25) is 0 Å². The number of benzene rings is 1. The van der Waals surface area contributed by atoms with E-state index < -0.39 is 11.8 Å². The lowest BCUT2D eigenvalue weighted by Crippen LogP contribution is -2.41. The quantitative estimate of drug-likeness (QED) is 0.633. The number of likely N-dealkylation sites (tertiary alicyclic amines) is 1. The Balaban J connectivity index is 1.39. The molecule has 0 bridgehead atoms. The summed E-state index contributed by atoms with van der Waals surface area (Å²) in [7, 11) is 0. The predicted octanol–water partition coefficient (Wildman–Crippen LogP) is 2.01. The Morgan fingerprint density at radius 1 is 1.00 bits per heavy atom. The SMILES string of the molecule is CC(=O)Nc1cccc(NC(=O)C(=O)NCC2CCN(Cc3ccncc3)CC2)c1. The van der Waals surface area contributed by atoms with E-state index in [2.05, 4.69) is 25.8 Å². The Bertz CT molecular complexity index is 879. The summed E-state index contributed by atoms with van der Waals surface area (Å²) in [5.74, 6) is -1.22. The third-order valence-corrected chi connectivity index (χ3v) is 5.06. The van der Waals surface area contributed by atoms with E-state index in [0.29, 0.717) is 23.8 Å². The summed E-state index contributed by atoms with van der Waals surface area (Å²) in [6, 6.07) is 10.7. The molecule has 8 heteroatoms. The van der Waals surface area contributed by atoms with Gasteiger partial charge >= 0.3 is 11.8 Å². The first-order valence-corrected chi connectivity index (χ1v) is 10.1.